The molecule has 1 aromatic carbocycles. The van der Waals surface area contributed by atoms with E-state index >= 15 is 0 Å². The summed E-state index contributed by atoms with van der Waals surface area (Å²) >= 11 is 0. The summed E-state index contributed by atoms with van der Waals surface area (Å²) in [4.78, 5) is 0. The molecule has 0 aliphatic carbocycles. The van der Waals surface area contributed by atoms with Gasteiger partial charge in [0.05, 0.1) is 11.6 Å². The molecule has 1 aromatic rings. The van der Waals surface area contributed by atoms with Gasteiger partial charge in [0, 0.05) is 6.61 Å². The minimum atomic E-state index is -0.284. The van der Waals surface area contributed by atoms with Gasteiger partial charge in [0.1, 0.15) is 5.82 Å². The van der Waals surface area contributed by atoms with E-state index in [1.54, 1.807) is 6.07 Å². The molecule has 2 nitrogen and oxygen atoms in total. The Morgan fingerprint density at radius 3 is 2.82 bits per heavy atom. The van der Waals surface area contributed by atoms with E-state index in [-0.39, 0.29) is 18.1 Å². The largest absolute Gasteiger partial charge is 0.430 e. The molecule has 1 aliphatic rings. The zero-order valence-corrected chi connectivity index (χ0v) is 10.2. The van der Waals surface area contributed by atoms with Crippen LogP contribution in [0.5, 0.6) is 0 Å². The summed E-state index contributed by atoms with van der Waals surface area (Å²) in [5, 5.41) is 8.82. The van der Waals surface area contributed by atoms with Crippen LogP contribution in [0, 0.1) is 22.6 Å². The lowest BCUT2D eigenvalue weighted by atomic mass is 9.53. The van der Waals surface area contributed by atoms with Crippen molar-refractivity contribution in [1.82, 2.24) is 0 Å². The van der Waals surface area contributed by atoms with Crippen molar-refractivity contribution in [2.24, 2.45) is 5.41 Å². The molecule has 0 bridgehead atoms. The van der Waals surface area contributed by atoms with Gasteiger partial charge in [-0.1, -0.05) is 13.8 Å². The lowest BCUT2D eigenvalue weighted by Gasteiger charge is -2.33. The molecule has 2 rings (SSSR count). The first-order chi connectivity index (χ1) is 8.02. The Labute approximate surface area is 102 Å². The lowest BCUT2D eigenvalue weighted by Crippen LogP contribution is -2.43. The number of benzene rings is 1. The SMILES string of the molecule is CC1(C)CCB(c2cc(C#N)ccc2F)OC1. The lowest BCUT2D eigenvalue weighted by molar-refractivity contribution is 0.152. The van der Waals surface area contributed by atoms with Gasteiger partial charge in [-0.25, -0.2) is 4.39 Å². The molecular formula is C13H15BFNO. The van der Waals surface area contributed by atoms with E-state index in [1.165, 1.54) is 12.1 Å². The van der Waals surface area contributed by atoms with Crippen molar-refractivity contribution in [1.29, 1.82) is 5.26 Å². The highest BCUT2D eigenvalue weighted by atomic mass is 19.1. The van der Waals surface area contributed by atoms with Crippen LogP contribution in [-0.2, 0) is 4.65 Å². The second kappa shape index (κ2) is 4.50. The van der Waals surface area contributed by atoms with Crippen molar-refractivity contribution < 1.29 is 9.04 Å². The predicted molar refractivity (Wildman–Crippen MR) is 65.7 cm³/mol. The molecule has 0 aromatic heterocycles. The van der Waals surface area contributed by atoms with Crippen LogP contribution in [0.4, 0.5) is 4.39 Å². The standard InChI is InChI=1S/C13H15BFNO/c1-13(2)5-6-14(17-9-13)11-7-10(8-16)3-4-12(11)15/h3-4,7H,5-6,9H2,1-2H3. The minimum Gasteiger partial charge on any atom is -0.430 e. The average Bonchev–Trinajstić information content (AvgIpc) is 2.30. The first-order valence-electron chi connectivity index (χ1n) is 5.83. The van der Waals surface area contributed by atoms with Gasteiger partial charge in [-0.3, -0.25) is 0 Å². The molecule has 0 amide bonds. The van der Waals surface area contributed by atoms with Gasteiger partial charge >= 0.3 is 6.92 Å². The molecule has 0 N–H and O–H groups in total. The maximum Gasteiger partial charge on any atom is 0.329 e. The fraction of sp³-hybridized carbons (Fsp3) is 0.462. The van der Waals surface area contributed by atoms with Crippen LogP contribution in [0.1, 0.15) is 25.8 Å². The molecule has 4 heteroatoms. The van der Waals surface area contributed by atoms with E-state index in [4.69, 9.17) is 9.92 Å². The highest BCUT2D eigenvalue weighted by Crippen LogP contribution is 2.29. The Hall–Kier alpha value is -1.34. The second-order valence-corrected chi connectivity index (χ2v) is 5.35. The fourth-order valence-corrected chi connectivity index (χ4v) is 2.11. The quantitative estimate of drug-likeness (QED) is 0.695. The van der Waals surface area contributed by atoms with E-state index in [0.29, 0.717) is 17.6 Å². The Balaban J connectivity index is 2.21. The third-order valence-electron chi connectivity index (χ3n) is 3.23. The highest BCUT2D eigenvalue weighted by Gasteiger charge is 2.33. The minimum absolute atomic E-state index is 0.166. The van der Waals surface area contributed by atoms with Gasteiger partial charge < -0.3 is 4.65 Å². The number of rotatable bonds is 1. The van der Waals surface area contributed by atoms with Crippen LogP contribution in [0.15, 0.2) is 18.2 Å². The molecule has 1 heterocycles. The van der Waals surface area contributed by atoms with Crippen LogP contribution in [0.3, 0.4) is 0 Å². The summed E-state index contributed by atoms with van der Waals surface area (Å²) in [5.74, 6) is -0.284. The van der Waals surface area contributed by atoms with Gasteiger partial charge in [-0.2, -0.15) is 5.26 Å². The summed E-state index contributed by atoms with van der Waals surface area (Å²) < 4.78 is 19.4. The van der Waals surface area contributed by atoms with Crippen LogP contribution in [-0.4, -0.2) is 13.5 Å². The van der Waals surface area contributed by atoms with Gasteiger partial charge in [0.2, 0.25) is 0 Å². The molecule has 0 atom stereocenters. The van der Waals surface area contributed by atoms with Crippen LogP contribution in [0.2, 0.25) is 6.32 Å². The van der Waals surface area contributed by atoms with Crippen molar-refractivity contribution in [3.63, 3.8) is 0 Å². The predicted octanol–water partition coefficient (Wildman–Crippen LogP) is 2.34. The number of nitrogens with zero attached hydrogens (tertiary/aromatic N) is 1. The molecule has 0 saturated carbocycles. The Morgan fingerprint density at radius 2 is 2.24 bits per heavy atom. The second-order valence-electron chi connectivity index (χ2n) is 5.35. The molecular weight excluding hydrogens is 216 g/mol. The summed E-state index contributed by atoms with van der Waals surface area (Å²) in [6, 6.07) is 6.46. The normalized spacial score (nSPS) is 18.8. The molecule has 17 heavy (non-hydrogen) atoms. The third-order valence-corrected chi connectivity index (χ3v) is 3.23. The topological polar surface area (TPSA) is 33.0 Å². The number of hydrogen-bond donors (Lipinski definition) is 0. The van der Waals surface area contributed by atoms with E-state index in [1.807, 2.05) is 6.07 Å². The zero-order valence-electron chi connectivity index (χ0n) is 10.2. The summed E-state index contributed by atoms with van der Waals surface area (Å²) in [6.45, 7) is 4.71. The first kappa shape index (κ1) is 12.1. The van der Waals surface area contributed by atoms with Crippen LogP contribution >= 0.6 is 0 Å². The Bertz CT molecular complexity index is 457. The maximum absolute atomic E-state index is 13.7. The van der Waals surface area contributed by atoms with Crippen molar-refractivity contribution in [3.05, 3.63) is 29.6 Å². The van der Waals surface area contributed by atoms with Crippen LogP contribution < -0.4 is 5.46 Å². The van der Waals surface area contributed by atoms with E-state index in [2.05, 4.69) is 13.8 Å². The highest BCUT2D eigenvalue weighted by molar-refractivity contribution is 6.67. The molecule has 1 aliphatic heterocycles. The first-order valence-corrected chi connectivity index (χ1v) is 5.83. The van der Waals surface area contributed by atoms with Crippen molar-refractivity contribution in [2.45, 2.75) is 26.6 Å². The smallest absolute Gasteiger partial charge is 0.329 e. The van der Waals surface area contributed by atoms with Crippen molar-refractivity contribution in [2.75, 3.05) is 6.61 Å². The van der Waals surface area contributed by atoms with Crippen molar-refractivity contribution >= 4 is 12.4 Å². The van der Waals surface area contributed by atoms with Gasteiger partial charge in [-0.15, -0.1) is 0 Å². The monoisotopic (exact) mass is 231 g/mol. The molecule has 0 radical (unpaired) electrons. The molecule has 1 fully saturated rings. The molecule has 1 saturated heterocycles. The Morgan fingerprint density at radius 1 is 1.47 bits per heavy atom. The molecule has 0 spiro atoms. The fourth-order valence-electron chi connectivity index (χ4n) is 2.11. The van der Waals surface area contributed by atoms with Gasteiger partial charge in [-0.05, 0) is 41.8 Å². The number of hydrogen-bond acceptors (Lipinski definition) is 2. The summed E-state index contributed by atoms with van der Waals surface area (Å²) in [7, 11) is 0. The maximum atomic E-state index is 13.7. The number of nitriles is 1. The van der Waals surface area contributed by atoms with Gasteiger partial charge in [0.15, 0.2) is 0 Å². The number of halogens is 1. The molecule has 88 valence electrons. The van der Waals surface area contributed by atoms with E-state index in [0.717, 1.165) is 12.7 Å². The van der Waals surface area contributed by atoms with E-state index < -0.39 is 0 Å². The summed E-state index contributed by atoms with van der Waals surface area (Å²) in [5.41, 5.74) is 1.16. The van der Waals surface area contributed by atoms with Gasteiger partial charge in [0.25, 0.3) is 0 Å². The van der Waals surface area contributed by atoms with E-state index in [9.17, 15) is 4.39 Å². The van der Waals surface area contributed by atoms with Crippen LogP contribution in [0.25, 0.3) is 0 Å². The zero-order chi connectivity index (χ0) is 12.5. The third kappa shape index (κ3) is 2.67. The van der Waals surface area contributed by atoms with Crippen molar-refractivity contribution in [3.8, 4) is 6.07 Å². The summed E-state index contributed by atoms with van der Waals surface area (Å²) in [6.07, 6.45) is 1.81. The molecule has 0 unspecified atom stereocenters. The average molecular weight is 231 g/mol. The Kier molecular flexibility index (Phi) is 3.21.